The molecule has 0 aliphatic carbocycles. The van der Waals surface area contributed by atoms with Gasteiger partial charge in [0, 0.05) is 0 Å². The number of benzene rings is 2. The summed E-state index contributed by atoms with van der Waals surface area (Å²) in [4.78, 5) is 0. The Morgan fingerprint density at radius 3 is 2.29 bits per heavy atom. The first-order valence-electron chi connectivity index (χ1n) is 5.41. The van der Waals surface area contributed by atoms with Crippen molar-refractivity contribution in [2.24, 2.45) is 0 Å². The summed E-state index contributed by atoms with van der Waals surface area (Å²) in [6.07, 6.45) is 2.19. The molecule has 0 fully saturated rings. The molecule has 0 aliphatic heterocycles. The van der Waals surface area contributed by atoms with Crippen molar-refractivity contribution in [1.29, 1.82) is 0 Å². The third kappa shape index (κ3) is 3.93. The summed E-state index contributed by atoms with van der Waals surface area (Å²) in [5.41, 5.74) is 1.23. The van der Waals surface area contributed by atoms with E-state index in [1.165, 1.54) is 9.17 Å². The zero-order valence-corrected chi connectivity index (χ0v) is 12.0. The molecule has 86 valence electrons. The number of hydrogen-bond donors (Lipinski definition) is 0. The van der Waals surface area contributed by atoms with Crippen molar-refractivity contribution in [2.75, 3.05) is 7.11 Å². The first-order chi connectivity index (χ1) is 8.38. The molecular formula is C15H14OTe. The third-order valence-corrected chi connectivity index (χ3v) is 4.65. The van der Waals surface area contributed by atoms with Gasteiger partial charge in [-0.25, -0.2) is 0 Å². The van der Waals surface area contributed by atoms with Crippen molar-refractivity contribution in [3.05, 3.63) is 64.3 Å². The molecule has 0 saturated heterocycles. The van der Waals surface area contributed by atoms with Crippen LogP contribution in [0, 0.1) is 0 Å². The number of methoxy groups -OCH3 is 1. The fourth-order valence-corrected chi connectivity index (χ4v) is 3.39. The second-order valence-electron chi connectivity index (χ2n) is 3.51. The molecule has 2 heteroatoms. The average molecular weight is 338 g/mol. The molecule has 0 unspecified atom stereocenters. The van der Waals surface area contributed by atoms with E-state index < -0.39 is 0 Å². The summed E-state index contributed by atoms with van der Waals surface area (Å²) in [6.45, 7) is 0. The van der Waals surface area contributed by atoms with E-state index in [4.69, 9.17) is 4.74 Å². The number of ether oxygens (including phenoxy) is 1. The van der Waals surface area contributed by atoms with Gasteiger partial charge >= 0.3 is 112 Å². The van der Waals surface area contributed by atoms with E-state index in [9.17, 15) is 0 Å². The third-order valence-electron chi connectivity index (χ3n) is 2.32. The molecule has 2 aromatic rings. The predicted molar refractivity (Wildman–Crippen MR) is 73.9 cm³/mol. The van der Waals surface area contributed by atoms with Gasteiger partial charge in [-0.15, -0.1) is 0 Å². The van der Waals surface area contributed by atoms with Crippen LogP contribution in [0.4, 0.5) is 0 Å². The molecule has 0 radical (unpaired) electrons. The molecule has 17 heavy (non-hydrogen) atoms. The maximum absolute atomic E-state index is 5.13. The van der Waals surface area contributed by atoms with Gasteiger partial charge in [-0.2, -0.15) is 0 Å². The molecule has 0 aromatic heterocycles. The van der Waals surface area contributed by atoms with Gasteiger partial charge in [-0.3, -0.25) is 0 Å². The predicted octanol–water partition coefficient (Wildman–Crippen LogP) is 2.70. The Balaban J connectivity index is 1.96. The molecule has 1 nitrogen and oxygen atoms in total. The van der Waals surface area contributed by atoms with Crippen LogP contribution in [0.25, 0.3) is 6.08 Å². The zero-order valence-electron chi connectivity index (χ0n) is 9.67. The van der Waals surface area contributed by atoms with Gasteiger partial charge in [0.05, 0.1) is 0 Å². The SMILES string of the molecule is COc1ccc(/C=C/[Te]c2ccccc2)cc1. The van der Waals surface area contributed by atoms with Crippen molar-refractivity contribution in [2.45, 2.75) is 0 Å². The molecule has 0 atom stereocenters. The molecular weight excluding hydrogens is 324 g/mol. The van der Waals surface area contributed by atoms with E-state index in [0.717, 1.165) is 5.75 Å². The second kappa shape index (κ2) is 6.49. The van der Waals surface area contributed by atoms with Crippen LogP contribution in [-0.2, 0) is 0 Å². The van der Waals surface area contributed by atoms with E-state index >= 15 is 0 Å². The topological polar surface area (TPSA) is 9.23 Å². The van der Waals surface area contributed by atoms with E-state index in [1.807, 2.05) is 12.1 Å². The standard InChI is InChI=1S/C15H14OTe/c1-16-14-9-7-13(8-10-14)11-12-17-15-5-3-2-4-6-15/h2-12H,1H3/b12-11+. The Morgan fingerprint density at radius 2 is 1.65 bits per heavy atom. The molecule has 0 heterocycles. The second-order valence-corrected chi connectivity index (χ2v) is 6.30. The summed E-state index contributed by atoms with van der Waals surface area (Å²) >= 11 is -0.202. The van der Waals surface area contributed by atoms with Gasteiger partial charge in [-0.1, -0.05) is 0 Å². The van der Waals surface area contributed by atoms with Gasteiger partial charge in [0.25, 0.3) is 0 Å². The molecule has 0 spiro atoms. The summed E-state index contributed by atoms with van der Waals surface area (Å²) in [5.74, 6) is 0.904. The van der Waals surface area contributed by atoms with Gasteiger partial charge in [-0.05, 0) is 0 Å². The first kappa shape index (κ1) is 12.2. The van der Waals surface area contributed by atoms with Crippen LogP contribution in [0.5, 0.6) is 5.75 Å². The molecule has 0 bridgehead atoms. The van der Waals surface area contributed by atoms with Crippen molar-refractivity contribution in [3.8, 4) is 5.75 Å². The van der Waals surface area contributed by atoms with Crippen LogP contribution < -0.4 is 8.35 Å². The Bertz CT molecular complexity index is 474. The maximum atomic E-state index is 5.13. The molecule has 0 saturated carbocycles. The summed E-state index contributed by atoms with van der Waals surface area (Å²) < 4.78 is 8.90. The van der Waals surface area contributed by atoms with Gasteiger partial charge < -0.3 is 0 Å². The van der Waals surface area contributed by atoms with Crippen LogP contribution >= 0.6 is 0 Å². The molecule has 0 aliphatic rings. The Kier molecular flexibility index (Phi) is 4.67. The van der Waals surface area contributed by atoms with Crippen LogP contribution in [-0.4, -0.2) is 28.0 Å². The molecule has 2 aromatic carbocycles. The first-order valence-corrected chi connectivity index (χ1v) is 7.92. The molecule has 0 N–H and O–H groups in total. The normalized spacial score (nSPS) is 10.6. The Labute approximate surface area is 112 Å². The summed E-state index contributed by atoms with van der Waals surface area (Å²) in [6, 6.07) is 18.8. The fourth-order valence-electron chi connectivity index (χ4n) is 1.41. The Morgan fingerprint density at radius 1 is 0.941 bits per heavy atom. The quantitative estimate of drug-likeness (QED) is 0.779. The zero-order chi connectivity index (χ0) is 11.9. The Hall–Kier alpha value is -1.23. The fraction of sp³-hybridized carbons (Fsp3) is 0.0667. The van der Waals surface area contributed by atoms with Gasteiger partial charge in [0.2, 0.25) is 0 Å². The number of rotatable bonds is 4. The van der Waals surface area contributed by atoms with Crippen molar-refractivity contribution in [3.63, 3.8) is 0 Å². The van der Waals surface area contributed by atoms with Crippen molar-refractivity contribution < 1.29 is 4.74 Å². The summed E-state index contributed by atoms with van der Waals surface area (Å²) in [7, 11) is 1.69. The van der Waals surface area contributed by atoms with E-state index in [0.29, 0.717) is 0 Å². The van der Waals surface area contributed by atoms with Gasteiger partial charge in [0.15, 0.2) is 0 Å². The van der Waals surface area contributed by atoms with Crippen LogP contribution in [0.3, 0.4) is 0 Å². The minimum atomic E-state index is -0.202. The molecule has 2 rings (SSSR count). The number of hydrogen-bond acceptors (Lipinski definition) is 1. The molecule has 0 amide bonds. The average Bonchev–Trinajstić information content (AvgIpc) is 2.41. The van der Waals surface area contributed by atoms with Gasteiger partial charge in [0.1, 0.15) is 0 Å². The van der Waals surface area contributed by atoms with E-state index in [1.54, 1.807) is 7.11 Å². The monoisotopic (exact) mass is 340 g/mol. The van der Waals surface area contributed by atoms with Crippen LogP contribution in [0.1, 0.15) is 5.56 Å². The summed E-state index contributed by atoms with van der Waals surface area (Å²) in [5, 5.41) is 0. The van der Waals surface area contributed by atoms with E-state index in [2.05, 4.69) is 52.7 Å². The minimum absolute atomic E-state index is 0.202. The van der Waals surface area contributed by atoms with Crippen molar-refractivity contribution in [1.82, 2.24) is 0 Å². The van der Waals surface area contributed by atoms with Crippen LogP contribution in [0.2, 0.25) is 0 Å². The van der Waals surface area contributed by atoms with Crippen LogP contribution in [0.15, 0.2) is 58.7 Å². The van der Waals surface area contributed by atoms with Crippen molar-refractivity contribution >= 4 is 30.6 Å². The van der Waals surface area contributed by atoms with E-state index in [-0.39, 0.29) is 20.9 Å².